The number of aromatic amines is 1. The van der Waals surface area contributed by atoms with E-state index in [4.69, 9.17) is 5.11 Å². The van der Waals surface area contributed by atoms with Crippen LogP contribution in [0.3, 0.4) is 0 Å². The van der Waals surface area contributed by atoms with Crippen molar-refractivity contribution in [3.63, 3.8) is 0 Å². The molecule has 8 heteroatoms. The van der Waals surface area contributed by atoms with Gasteiger partial charge < -0.3 is 15.3 Å². The molecule has 3 N–H and O–H groups in total. The number of amides is 2. The number of H-pyrrole nitrogens is 1. The van der Waals surface area contributed by atoms with Gasteiger partial charge in [-0.3, -0.25) is 9.89 Å². The zero-order valence-corrected chi connectivity index (χ0v) is 11.3. The third-order valence-corrected chi connectivity index (χ3v) is 3.12. The number of nitrogens with one attached hydrogen (secondary N) is 2. The predicted octanol–water partition coefficient (Wildman–Crippen LogP) is 0.447. The highest BCUT2D eigenvalue weighted by molar-refractivity contribution is 5.77. The fraction of sp³-hybridized carbons (Fsp3) is 0.636. The molecule has 8 nitrogen and oxygen atoms in total. The Labute approximate surface area is 111 Å². The van der Waals surface area contributed by atoms with Gasteiger partial charge in [0.1, 0.15) is 12.2 Å². The number of hydrogen-bond donors (Lipinski definition) is 3. The quantitative estimate of drug-likeness (QED) is 0.694. The van der Waals surface area contributed by atoms with Crippen LogP contribution < -0.4 is 5.32 Å². The Morgan fingerprint density at radius 1 is 1.58 bits per heavy atom. The van der Waals surface area contributed by atoms with Crippen LogP contribution in [-0.2, 0) is 11.3 Å². The summed E-state index contributed by atoms with van der Waals surface area (Å²) in [4.78, 5) is 28.2. The van der Waals surface area contributed by atoms with Crippen LogP contribution in [0.1, 0.15) is 26.1 Å². The molecule has 0 bridgehead atoms. The van der Waals surface area contributed by atoms with Crippen molar-refractivity contribution < 1.29 is 14.7 Å². The molecule has 0 fully saturated rings. The lowest BCUT2D eigenvalue weighted by Gasteiger charge is -2.25. The van der Waals surface area contributed by atoms with Crippen LogP contribution in [0.5, 0.6) is 0 Å². The van der Waals surface area contributed by atoms with Gasteiger partial charge in [-0.25, -0.2) is 9.78 Å². The van der Waals surface area contributed by atoms with Crippen molar-refractivity contribution in [2.45, 2.75) is 26.8 Å². The second kappa shape index (κ2) is 6.17. The highest BCUT2D eigenvalue weighted by atomic mass is 16.4. The molecule has 0 aromatic carbocycles. The minimum Gasteiger partial charge on any atom is -0.481 e. The molecule has 0 saturated carbocycles. The summed E-state index contributed by atoms with van der Waals surface area (Å²) in [6.45, 7) is 3.74. The van der Waals surface area contributed by atoms with Crippen LogP contribution in [0.25, 0.3) is 0 Å². The summed E-state index contributed by atoms with van der Waals surface area (Å²) < 4.78 is 0. The summed E-state index contributed by atoms with van der Waals surface area (Å²) in [6, 6.07) is -0.350. The van der Waals surface area contributed by atoms with Gasteiger partial charge in [-0.15, -0.1) is 0 Å². The Morgan fingerprint density at radius 2 is 2.26 bits per heavy atom. The van der Waals surface area contributed by atoms with Crippen molar-refractivity contribution in [1.82, 2.24) is 25.4 Å². The van der Waals surface area contributed by atoms with Gasteiger partial charge in [-0.05, 0) is 13.3 Å². The average Bonchev–Trinajstić information content (AvgIpc) is 2.87. The molecule has 0 spiro atoms. The molecule has 1 atom stereocenters. The Bertz CT molecular complexity index is 434. The minimum absolute atomic E-state index is 0.0818. The van der Waals surface area contributed by atoms with Crippen molar-refractivity contribution in [2.24, 2.45) is 5.41 Å². The second-order valence-corrected chi connectivity index (χ2v) is 4.67. The number of hydrogen-bond acceptors (Lipinski definition) is 4. The van der Waals surface area contributed by atoms with Gasteiger partial charge in [0.25, 0.3) is 0 Å². The van der Waals surface area contributed by atoms with Crippen molar-refractivity contribution in [3.05, 3.63) is 12.2 Å². The van der Waals surface area contributed by atoms with Crippen molar-refractivity contribution in [2.75, 3.05) is 13.6 Å². The fourth-order valence-corrected chi connectivity index (χ4v) is 1.36. The first kappa shape index (κ1) is 14.9. The van der Waals surface area contributed by atoms with Gasteiger partial charge in [0.15, 0.2) is 0 Å². The SMILES string of the molecule is CCC(C)(CNC(=O)N(C)Cc1ncn[nH]1)C(=O)O. The summed E-state index contributed by atoms with van der Waals surface area (Å²) in [6.07, 6.45) is 1.80. The van der Waals surface area contributed by atoms with Gasteiger partial charge in [-0.2, -0.15) is 5.10 Å². The third-order valence-electron chi connectivity index (χ3n) is 3.12. The van der Waals surface area contributed by atoms with Gasteiger partial charge in [0.05, 0.1) is 12.0 Å². The molecule has 0 aliphatic rings. The zero-order chi connectivity index (χ0) is 14.5. The highest BCUT2D eigenvalue weighted by Gasteiger charge is 2.31. The molecule has 0 aliphatic carbocycles. The van der Waals surface area contributed by atoms with E-state index in [1.54, 1.807) is 20.9 Å². The monoisotopic (exact) mass is 269 g/mol. The van der Waals surface area contributed by atoms with E-state index in [2.05, 4.69) is 20.5 Å². The molecular formula is C11H19N5O3. The summed E-state index contributed by atoms with van der Waals surface area (Å²) >= 11 is 0. The zero-order valence-electron chi connectivity index (χ0n) is 11.3. The molecule has 0 saturated heterocycles. The molecule has 19 heavy (non-hydrogen) atoms. The predicted molar refractivity (Wildman–Crippen MR) is 67.3 cm³/mol. The normalized spacial score (nSPS) is 13.6. The maximum atomic E-state index is 11.8. The van der Waals surface area contributed by atoms with E-state index in [-0.39, 0.29) is 19.1 Å². The molecule has 2 amide bonds. The molecule has 1 unspecified atom stereocenters. The molecule has 1 heterocycles. The number of rotatable bonds is 6. The maximum Gasteiger partial charge on any atom is 0.317 e. The van der Waals surface area contributed by atoms with Crippen molar-refractivity contribution in [3.8, 4) is 0 Å². The van der Waals surface area contributed by atoms with Crippen LogP contribution in [-0.4, -0.2) is 50.8 Å². The minimum atomic E-state index is -0.956. The Kier molecular flexibility index (Phi) is 4.85. The number of aliphatic carboxylic acids is 1. The Hall–Kier alpha value is -2.12. The van der Waals surface area contributed by atoms with E-state index in [1.165, 1.54) is 11.2 Å². The summed E-state index contributed by atoms with van der Waals surface area (Å²) in [5.74, 6) is -0.359. The standard InChI is InChI=1S/C11H19N5O3/c1-4-11(2,9(17)18)6-12-10(19)16(3)5-8-13-7-14-15-8/h7H,4-6H2,1-3H3,(H,12,19)(H,17,18)(H,13,14,15). The summed E-state index contributed by atoms with van der Waals surface area (Å²) in [5.41, 5.74) is -0.956. The van der Waals surface area contributed by atoms with Crippen LogP contribution in [0.2, 0.25) is 0 Å². The lowest BCUT2D eigenvalue weighted by molar-refractivity contribution is -0.147. The summed E-state index contributed by atoms with van der Waals surface area (Å²) in [7, 11) is 1.60. The highest BCUT2D eigenvalue weighted by Crippen LogP contribution is 2.19. The molecule has 1 rings (SSSR count). The van der Waals surface area contributed by atoms with Crippen LogP contribution in [0.15, 0.2) is 6.33 Å². The molecular weight excluding hydrogens is 250 g/mol. The van der Waals surface area contributed by atoms with Crippen molar-refractivity contribution in [1.29, 1.82) is 0 Å². The Balaban J connectivity index is 2.48. The number of urea groups is 1. The van der Waals surface area contributed by atoms with Gasteiger partial charge >= 0.3 is 12.0 Å². The first-order valence-electron chi connectivity index (χ1n) is 5.95. The van der Waals surface area contributed by atoms with E-state index in [1.807, 2.05) is 0 Å². The first-order valence-corrected chi connectivity index (χ1v) is 5.95. The number of carboxylic acid groups (broad SMARTS) is 1. The largest absolute Gasteiger partial charge is 0.481 e. The van der Waals surface area contributed by atoms with Crippen LogP contribution in [0, 0.1) is 5.41 Å². The van der Waals surface area contributed by atoms with Gasteiger partial charge in [0, 0.05) is 13.6 Å². The van der Waals surface area contributed by atoms with E-state index in [9.17, 15) is 9.59 Å². The number of carboxylic acids is 1. The Morgan fingerprint density at radius 3 is 2.74 bits per heavy atom. The number of carbonyl (C=O) groups is 2. The van der Waals surface area contributed by atoms with Crippen LogP contribution in [0.4, 0.5) is 4.79 Å². The fourth-order valence-electron chi connectivity index (χ4n) is 1.36. The molecule has 0 radical (unpaired) electrons. The number of aromatic nitrogens is 3. The van der Waals surface area contributed by atoms with E-state index >= 15 is 0 Å². The lowest BCUT2D eigenvalue weighted by atomic mass is 9.88. The average molecular weight is 269 g/mol. The summed E-state index contributed by atoms with van der Waals surface area (Å²) in [5, 5.41) is 18.0. The van der Waals surface area contributed by atoms with Crippen LogP contribution >= 0.6 is 0 Å². The first-order chi connectivity index (χ1) is 8.89. The van der Waals surface area contributed by atoms with E-state index in [0.717, 1.165) is 0 Å². The number of nitrogens with zero attached hydrogens (tertiary/aromatic N) is 3. The smallest absolute Gasteiger partial charge is 0.317 e. The molecule has 1 aromatic rings. The van der Waals surface area contributed by atoms with E-state index in [0.29, 0.717) is 12.2 Å². The number of carbonyl (C=O) groups excluding carboxylic acids is 1. The van der Waals surface area contributed by atoms with Gasteiger partial charge in [0.2, 0.25) is 0 Å². The molecule has 0 aliphatic heterocycles. The molecule has 1 aromatic heterocycles. The molecule has 106 valence electrons. The third kappa shape index (κ3) is 3.94. The van der Waals surface area contributed by atoms with Crippen molar-refractivity contribution >= 4 is 12.0 Å². The topological polar surface area (TPSA) is 111 Å². The second-order valence-electron chi connectivity index (χ2n) is 4.67. The lowest BCUT2D eigenvalue weighted by Crippen LogP contribution is -2.45. The maximum absolute atomic E-state index is 11.8. The van der Waals surface area contributed by atoms with E-state index < -0.39 is 11.4 Å². The van der Waals surface area contributed by atoms with Gasteiger partial charge in [-0.1, -0.05) is 6.92 Å².